The van der Waals surface area contributed by atoms with Crippen molar-refractivity contribution in [1.82, 2.24) is 9.03 Å². The molecule has 1 aliphatic heterocycles. The largest absolute Gasteiger partial charge is 0.598 e. The first-order chi connectivity index (χ1) is 15.4. The van der Waals surface area contributed by atoms with E-state index in [-0.39, 0.29) is 30.9 Å². The highest BCUT2D eigenvalue weighted by molar-refractivity contribution is 7.90. The molecule has 1 heterocycles. The fraction of sp³-hybridized carbons (Fsp3) is 0.636. The van der Waals surface area contributed by atoms with E-state index in [1.54, 1.807) is 18.2 Å². The Morgan fingerprint density at radius 1 is 1.30 bits per heavy atom. The van der Waals surface area contributed by atoms with E-state index in [4.69, 9.17) is 32.7 Å². The number of sulfonamides is 1. The second-order valence-electron chi connectivity index (χ2n) is 8.93. The van der Waals surface area contributed by atoms with Gasteiger partial charge >= 0.3 is 0 Å². The van der Waals surface area contributed by atoms with Crippen molar-refractivity contribution in [3.05, 3.63) is 40.4 Å². The Balaban J connectivity index is 2.35. The van der Waals surface area contributed by atoms with E-state index in [0.29, 0.717) is 41.7 Å². The smallest absolute Gasteiger partial charge is 0.216 e. The fourth-order valence-electron chi connectivity index (χ4n) is 3.57. The van der Waals surface area contributed by atoms with Gasteiger partial charge in [0, 0.05) is 43.2 Å². The van der Waals surface area contributed by atoms with Crippen LogP contribution in [0.1, 0.15) is 45.2 Å². The average Bonchev–Trinajstić information content (AvgIpc) is 2.76. The molecule has 0 aliphatic carbocycles. The van der Waals surface area contributed by atoms with E-state index < -0.39 is 26.1 Å². The summed E-state index contributed by atoms with van der Waals surface area (Å²) < 4.78 is 53.3. The summed E-state index contributed by atoms with van der Waals surface area (Å²) >= 11 is 11.2. The lowest BCUT2D eigenvalue weighted by atomic mass is 9.86. The summed E-state index contributed by atoms with van der Waals surface area (Å²) in [5.41, 5.74) is 0.740. The zero-order valence-corrected chi connectivity index (χ0v) is 22.7. The van der Waals surface area contributed by atoms with Crippen LogP contribution in [0, 0.1) is 5.92 Å². The minimum absolute atomic E-state index is 0.00787. The number of methoxy groups -OCH3 is 1. The van der Waals surface area contributed by atoms with Gasteiger partial charge in [0.1, 0.15) is 17.1 Å². The Kier molecular flexibility index (Phi) is 10.8. The van der Waals surface area contributed by atoms with Gasteiger partial charge in [-0.05, 0) is 45.6 Å². The molecule has 0 saturated carbocycles. The normalized spacial score (nSPS) is 18.2. The molecule has 1 saturated heterocycles. The Labute approximate surface area is 211 Å². The molecule has 11 heteroatoms. The number of nitrogens with zero attached hydrogens (tertiary/aromatic N) is 1. The summed E-state index contributed by atoms with van der Waals surface area (Å²) in [4.78, 5) is 0. The van der Waals surface area contributed by atoms with Crippen LogP contribution in [0.15, 0.2) is 24.8 Å². The van der Waals surface area contributed by atoms with Crippen LogP contribution in [-0.4, -0.2) is 61.2 Å². The first kappa shape index (κ1) is 28.7. The maximum atomic E-state index is 13.1. The van der Waals surface area contributed by atoms with E-state index in [1.807, 2.05) is 20.8 Å². The van der Waals surface area contributed by atoms with E-state index >= 15 is 0 Å². The molecule has 0 bridgehead atoms. The van der Waals surface area contributed by atoms with E-state index in [9.17, 15) is 13.0 Å². The number of benzene rings is 1. The maximum Gasteiger partial charge on any atom is 0.216 e. The molecule has 0 amide bonds. The van der Waals surface area contributed by atoms with Gasteiger partial charge in [0.15, 0.2) is 0 Å². The topological polar surface area (TPSA) is 90.9 Å². The number of piperidine rings is 1. The van der Waals surface area contributed by atoms with Gasteiger partial charge < -0.3 is 14.0 Å². The maximum absolute atomic E-state index is 13.1. The van der Waals surface area contributed by atoms with Gasteiger partial charge in [-0.15, -0.1) is 4.72 Å². The third-order valence-electron chi connectivity index (χ3n) is 5.44. The van der Waals surface area contributed by atoms with E-state index in [1.165, 1.54) is 11.4 Å². The van der Waals surface area contributed by atoms with Crippen LogP contribution in [0.25, 0.3) is 0 Å². The van der Waals surface area contributed by atoms with Crippen molar-refractivity contribution < 1.29 is 22.4 Å². The molecule has 7 nitrogen and oxygen atoms in total. The van der Waals surface area contributed by atoms with Gasteiger partial charge in [-0.2, -0.15) is 0 Å². The second-order valence-corrected chi connectivity index (χ2v) is 13.8. The van der Waals surface area contributed by atoms with Crippen LogP contribution in [-0.2, 0) is 26.1 Å². The lowest BCUT2D eigenvalue weighted by molar-refractivity contribution is 0.209. The first-order valence-electron chi connectivity index (χ1n) is 10.8. The molecule has 1 aromatic carbocycles. The van der Waals surface area contributed by atoms with Crippen molar-refractivity contribution in [3.63, 3.8) is 0 Å². The highest BCUT2D eigenvalue weighted by atomic mass is 35.5. The molecule has 0 radical (unpaired) electrons. The van der Waals surface area contributed by atoms with Gasteiger partial charge in [-0.25, -0.2) is 12.7 Å². The predicted octanol–water partition coefficient (Wildman–Crippen LogP) is 4.34. The minimum Gasteiger partial charge on any atom is -0.598 e. The molecule has 0 aromatic heterocycles. The van der Waals surface area contributed by atoms with E-state index in [0.717, 1.165) is 5.56 Å². The molecule has 188 valence electrons. The molecule has 1 N–H and O–H groups in total. The van der Waals surface area contributed by atoms with E-state index in [2.05, 4.69) is 11.3 Å². The van der Waals surface area contributed by atoms with Crippen molar-refractivity contribution in [2.24, 2.45) is 5.92 Å². The third kappa shape index (κ3) is 8.00. The highest BCUT2D eigenvalue weighted by Gasteiger charge is 2.38. The minimum atomic E-state index is -3.38. The molecular weight excluding hydrogens is 507 g/mol. The lowest BCUT2D eigenvalue weighted by Gasteiger charge is -2.37. The van der Waals surface area contributed by atoms with Crippen molar-refractivity contribution >= 4 is 44.6 Å². The molecule has 33 heavy (non-hydrogen) atoms. The van der Waals surface area contributed by atoms with Gasteiger partial charge in [0.05, 0.1) is 28.4 Å². The fourth-order valence-corrected chi connectivity index (χ4v) is 6.20. The Morgan fingerprint density at radius 3 is 2.45 bits per heavy atom. The highest BCUT2D eigenvalue weighted by Crippen LogP contribution is 2.41. The summed E-state index contributed by atoms with van der Waals surface area (Å²) in [5, 5.41) is 0.722. The third-order valence-corrected chi connectivity index (χ3v) is 9.58. The molecule has 1 aromatic rings. The van der Waals surface area contributed by atoms with Gasteiger partial charge in [0.25, 0.3) is 0 Å². The Morgan fingerprint density at radius 2 is 1.91 bits per heavy atom. The Hall–Kier alpha value is -0.520. The first-order valence-corrected chi connectivity index (χ1v) is 14.3. The number of hydrogen-bond donors (Lipinski definition) is 1. The van der Waals surface area contributed by atoms with Crippen LogP contribution >= 0.6 is 23.2 Å². The molecule has 2 atom stereocenters. The van der Waals surface area contributed by atoms with Gasteiger partial charge in [0.2, 0.25) is 10.0 Å². The zero-order chi connectivity index (χ0) is 24.8. The number of ether oxygens (including phenoxy) is 2. The Bertz CT molecular complexity index is 901. The molecular formula is C22H34Cl2N2O5S2. The molecule has 0 spiro atoms. The van der Waals surface area contributed by atoms with Crippen molar-refractivity contribution in [3.8, 4) is 5.75 Å². The van der Waals surface area contributed by atoms with Crippen molar-refractivity contribution in [1.29, 1.82) is 0 Å². The zero-order valence-electron chi connectivity index (χ0n) is 19.6. The predicted molar refractivity (Wildman–Crippen MR) is 136 cm³/mol. The summed E-state index contributed by atoms with van der Waals surface area (Å²) in [6.45, 7) is 10.6. The molecule has 1 aliphatic rings. The van der Waals surface area contributed by atoms with Crippen LogP contribution in [0.2, 0.25) is 10.0 Å². The molecule has 1 fully saturated rings. The number of halogens is 2. The molecule has 2 rings (SSSR count). The van der Waals surface area contributed by atoms with Gasteiger partial charge in [-0.3, -0.25) is 0 Å². The van der Waals surface area contributed by atoms with Crippen molar-refractivity contribution in [2.75, 3.05) is 39.2 Å². The number of nitrogens with one attached hydrogen (secondary N) is 1. The number of hydrogen-bond acceptors (Lipinski definition) is 6. The monoisotopic (exact) mass is 540 g/mol. The summed E-state index contributed by atoms with van der Waals surface area (Å²) in [5.74, 6) is 0.493. The standard InChI is InChI=1S/C22H34Cl2N2O5S2/c1-6-11-31-20-15-19(24)18(23)14-17(20)21(25-32(27)22(2,3)4)16-7-9-26(10-8-16)33(28,29)13-12-30-5/h6,14-16,21,25H,1,7-13H2,2-5H3/t21-,32+/m1/s1. The van der Waals surface area contributed by atoms with Gasteiger partial charge in [-0.1, -0.05) is 35.9 Å². The van der Waals surface area contributed by atoms with Crippen LogP contribution in [0.4, 0.5) is 0 Å². The SMILES string of the molecule is C=CCOc1cc(Cl)c(Cl)cc1[C@H](N[S@@+]([O-])C(C)(C)C)C1CCN(S(=O)(=O)CCOC)CC1. The summed E-state index contributed by atoms with van der Waals surface area (Å²) in [6.07, 6.45) is 2.81. The quantitative estimate of drug-likeness (QED) is 0.331. The second kappa shape index (κ2) is 12.4. The van der Waals surface area contributed by atoms with Crippen LogP contribution < -0.4 is 9.46 Å². The number of rotatable bonds is 11. The summed E-state index contributed by atoms with van der Waals surface area (Å²) in [6, 6.07) is 3.02. The average molecular weight is 542 g/mol. The molecule has 0 unspecified atom stereocenters. The lowest BCUT2D eigenvalue weighted by Crippen LogP contribution is -2.47. The van der Waals surface area contributed by atoms with Crippen LogP contribution in [0.3, 0.4) is 0 Å². The van der Waals surface area contributed by atoms with Crippen molar-refractivity contribution in [2.45, 2.75) is 44.4 Å². The van der Waals surface area contributed by atoms with Crippen LogP contribution in [0.5, 0.6) is 5.75 Å². The summed E-state index contributed by atoms with van der Waals surface area (Å²) in [7, 11) is -1.90.